The second-order valence-corrected chi connectivity index (χ2v) is 5.88. The number of hydrogen-bond acceptors (Lipinski definition) is 2. The van der Waals surface area contributed by atoms with E-state index in [0.717, 1.165) is 23.7 Å². The zero-order valence-electron chi connectivity index (χ0n) is 12.0. The van der Waals surface area contributed by atoms with E-state index in [1.165, 1.54) is 0 Å². The van der Waals surface area contributed by atoms with Crippen molar-refractivity contribution in [3.05, 3.63) is 59.2 Å². The van der Waals surface area contributed by atoms with Crippen molar-refractivity contribution in [1.29, 1.82) is 0 Å². The lowest BCUT2D eigenvalue weighted by atomic mass is 9.82. The van der Waals surface area contributed by atoms with Crippen molar-refractivity contribution in [2.24, 2.45) is 0 Å². The molecule has 0 aromatic heterocycles. The number of benzene rings is 2. The second-order valence-electron chi connectivity index (χ2n) is 5.88. The third-order valence-electron chi connectivity index (χ3n) is 3.38. The Bertz CT molecular complexity index is 605. The number of rotatable bonds is 3. The van der Waals surface area contributed by atoms with E-state index >= 15 is 0 Å². The van der Waals surface area contributed by atoms with Gasteiger partial charge in [-0.25, -0.2) is 0 Å². The molecule has 0 amide bonds. The third-order valence-corrected chi connectivity index (χ3v) is 3.38. The maximum Gasteiger partial charge on any atom is 0.150 e. The minimum absolute atomic E-state index is 0.106. The van der Waals surface area contributed by atoms with Gasteiger partial charge in [0.1, 0.15) is 0 Å². The molecule has 20 heavy (non-hydrogen) atoms. The molecule has 0 saturated heterocycles. The van der Waals surface area contributed by atoms with E-state index in [1.807, 2.05) is 42.5 Å². The summed E-state index contributed by atoms with van der Waals surface area (Å²) in [5.41, 5.74) is 3.60. The van der Waals surface area contributed by atoms with Gasteiger partial charge in [0.15, 0.2) is 12.6 Å². The normalized spacial score (nSPS) is 11.2. The van der Waals surface area contributed by atoms with Crippen molar-refractivity contribution in [3.63, 3.8) is 0 Å². The van der Waals surface area contributed by atoms with E-state index < -0.39 is 0 Å². The van der Waals surface area contributed by atoms with Crippen LogP contribution in [0.4, 0.5) is 0 Å². The fourth-order valence-corrected chi connectivity index (χ4v) is 2.24. The number of carbonyl (C=O) groups excluding carboxylic acids is 2. The average Bonchev–Trinajstić information content (AvgIpc) is 2.45. The van der Waals surface area contributed by atoms with E-state index in [-0.39, 0.29) is 5.41 Å². The number of hydrogen-bond donors (Lipinski definition) is 0. The Morgan fingerprint density at radius 2 is 1.35 bits per heavy atom. The van der Waals surface area contributed by atoms with Crippen molar-refractivity contribution >= 4 is 12.6 Å². The molecule has 2 heteroatoms. The minimum Gasteiger partial charge on any atom is -0.298 e. The van der Waals surface area contributed by atoms with Gasteiger partial charge in [0.05, 0.1) is 0 Å². The van der Waals surface area contributed by atoms with Gasteiger partial charge in [-0.3, -0.25) is 9.59 Å². The largest absolute Gasteiger partial charge is 0.298 e. The van der Waals surface area contributed by atoms with Crippen molar-refractivity contribution in [2.45, 2.75) is 26.2 Å². The Kier molecular flexibility index (Phi) is 3.84. The molecule has 0 N–H and O–H groups in total. The molecule has 0 saturated carbocycles. The Morgan fingerprint density at radius 3 is 1.75 bits per heavy atom. The first kappa shape index (κ1) is 14.2. The first-order chi connectivity index (χ1) is 9.47. The number of carbonyl (C=O) groups is 2. The monoisotopic (exact) mass is 266 g/mol. The summed E-state index contributed by atoms with van der Waals surface area (Å²) in [4.78, 5) is 22.9. The summed E-state index contributed by atoms with van der Waals surface area (Å²) in [6.45, 7) is 6.19. The van der Waals surface area contributed by atoms with Gasteiger partial charge < -0.3 is 0 Å². The molecule has 0 bridgehead atoms. The molecule has 2 rings (SSSR count). The molecule has 0 spiro atoms. The van der Waals surface area contributed by atoms with Gasteiger partial charge in [-0.05, 0) is 28.7 Å². The van der Waals surface area contributed by atoms with Crippen LogP contribution in [0.15, 0.2) is 42.5 Å². The van der Waals surface area contributed by atoms with Crippen LogP contribution in [0.3, 0.4) is 0 Å². The highest BCUT2D eigenvalue weighted by Crippen LogP contribution is 2.31. The molecule has 0 radical (unpaired) electrons. The van der Waals surface area contributed by atoms with Crippen LogP contribution in [0.1, 0.15) is 47.1 Å². The van der Waals surface area contributed by atoms with Gasteiger partial charge in [0.2, 0.25) is 0 Å². The van der Waals surface area contributed by atoms with Crippen LogP contribution < -0.4 is 0 Å². The summed E-state index contributed by atoms with van der Waals surface area (Å²) < 4.78 is 0. The maximum absolute atomic E-state index is 11.4. The lowest BCUT2D eigenvalue weighted by Crippen LogP contribution is -2.13. The fourth-order valence-electron chi connectivity index (χ4n) is 2.24. The summed E-state index contributed by atoms with van der Waals surface area (Å²) in [6, 6.07) is 13.3. The van der Waals surface area contributed by atoms with Gasteiger partial charge in [0.25, 0.3) is 0 Å². The first-order valence-electron chi connectivity index (χ1n) is 6.61. The van der Waals surface area contributed by atoms with Gasteiger partial charge in [-0.15, -0.1) is 0 Å². The zero-order chi connectivity index (χ0) is 14.8. The van der Waals surface area contributed by atoms with Crippen LogP contribution in [0.5, 0.6) is 0 Å². The minimum atomic E-state index is -0.106. The van der Waals surface area contributed by atoms with Crippen molar-refractivity contribution in [3.8, 4) is 11.1 Å². The maximum atomic E-state index is 11.4. The second kappa shape index (κ2) is 5.41. The molecule has 0 aliphatic carbocycles. The number of aldehydes is 2. The molecular formula is C18H18O2. The molecule has 0 heterocycles. The van der Waals surface area contributed by atoms with E-state index in [4.69, 9.17) is 0 Å². The lowest BCUT2D eigenvalue weighted by Gasteiger charge is -2.21. The smallest absolute Gasteiger partial charge is 0.150 e. The molecule has 102 valence electrons. The summed E-state index contributed by atoms with van der Waals surface area (Å²) in [5, 5.41) is 0. The zero-order valence-corrected chi connectivity index (χ0v) is 12.0. The highest BCUT2D eigenvalue weighted by molar-refractivity contribution is 5.97. The van der Waals surface area contributed by atoms with Gasteiger partial charge in [0, 0.05) is 16.7 Å². The average molecular weight is 266 g/mol. The molecule has 2 nitrogen and oxygen atoms in total. The molecular weight excluding hydrogens is 248 g/mol. The van der Waals surface area contributed by atoms with Crippen molar-refractivity contribution in [1.82, 2.24) is 0 Å². The third kappa shape index (κ3) is 2.69. The Labute approximate surface area is 119 Å². The Balaban J connectivity index is 2.75. The highest BCUT2D eigenvalue weighted by atomic mass is 16.1. The summed E-state index contributed by atoms with van der Waals surface area (Å²) in [5.74, 6) is 0. The van der Waals surface area contributed by atoms with Gasteiger partial charge in [-0.2, -0.15) is 0 Å². The molecule has 2 aromatic carbocycles. The topological polar surface area (TPSA) is 34.1 Å². The van der Waals surface area contributed by atoms with Crippen LogP contribution in [0.2, 0.25) is 0 Å². The Hall–Kier alpha value is -2.22. The van der Waals surface area contributed by atoms with E-state index in [0.29, 0.717) is 16.7 Å². The van der Waals surface area contributed by atoms with Crippen molar-refractivity contribution < 1.29 is 9.59 Å². The molecule has 0 aliphatic heterocycles. The van der Waals surface area contributed by atoms with Crippen LogP contribution in [0, 0.1) is 0 Å². The molecule has 0 fully saturated rings. The summed E-state index contributed by atoms with van der Waals surface area (Å²) >= 11 is 0. The van der Waals surface area contributed by atoms with Gasteiger partial charge in [-0.1, -0.05) is 51.1 Å². The molecule has 0 aliphatic rings. The van der Waals surface area contributed by atoms with Crippen LogP contribution in [0.25, 0.3) is 11.1 Å². The SMILES string of the molecule is CC(C)(C)c1cc(C=O)c(-c2ccccc2)c(C=O)c1. The summed E-state index contributed by atoms with van der Waals surface area (Å²) in [6.07, 6.45) is 1.65. The van der Waals surface area contributed by atoms with Gasteiger partial charge >= 0.3 is 0 Å². The molecule has 0 atom stereocenters. The molecule has 2 aromatic rings. The van der Waals surface area contributed by atoms with E-state index in [2.05, 4.69) is 20.8 Å². The predicted molar refractivity (Wildman–Crippen MR) is 81.4 cm³/mol. The summed E-state index contributed by atoms with van der Waals surface area (Å²) in [7, 11) is 0. The van der Waals surface area contributed by atoms with E-state index in [1.54, 1.807) is 0 Å². The Morgan fingerprint density at radius 1 is 0.850 bits per heavy atom. The van der Waals surface area contributed by atoms with E-state index in [9.17, 15) is 9.59 Å². The fraction of sp³-hybridized carbons (Fsp3) is 0.222. The predicted octanol–water partition coefficient (Wildman–Crippen LogP) is 4.28. The van der Waals surface area contributed by atoms with Crippen LogP contribution >= 0.6 is 0 Å². The van der Waals surface area contributed by atoms with Crippen LogP contribution in [-0.2, 0) is 5.41 Å². The van der Waals surface area contributed by atoms with Crippen LogP contribution in [-0.4, -0.2) is 12.6 Å². The first-order valence-corrected chi connectivity index (χ1v) is 6.61. The van der Waals surface area contributed by atoms with Crippen molar-refractivity contribution in [2.75, 3.05) is 0 Å². The molecule has 0 unspecified atom stereocenters. The lowest BCUT2D eigenvalue weighted by molar-refractivity contribution is 0.112. The quantitative estimate of drug-likeness (QED) is 0.777. The highest BCUT2D eigenvalue weighted by Gasteiger charge is 2.19. The standard InChI is InChI=1S/C18H18O2/c1-18(2,3)16-9-14(11-19)17(15(10-16)12-20)13-7-5-4-6-8-13/h4-12H,1-3H3.